The van der Waals surface area contributed by atoms with Crippen molar-refractivity contribution < 1.29 is 14.0 Å². The number of fused-ring (bicyclic) bond motifs is 1. The molecule has 0 saturated carbocycles. The SMILES string of the molecule is O=C(C[C@H](/C=C/C(=O)N1CCc2ccccc21)CCc1ccccc1)[C@@H]1C[C@H](F)CN1. The van der Waals surface area contributed by atoms with Crippen molar-refractivity contribution >= 4 is 17.4 Å². The van der Waals surface area contributed by atoms with Crippen molar-refractivity contribution in [2.24, 2.45) is 5.92 Å². The number of nitrogens with one attached hydrogen (secondary N) is 1. The van der Waals surface area contributed by atoms with E-state index in [1.165, 1.54) is 11.1 Å². The summed E-state index contributed by atoms with van der Waals surface area (Å²) >= 11 is 0. The van der Waals surface area contributed by atoms with Crippen LogP contribution in [0, 0.1) is 5.92 Å². The number of amides is 1. The minimum atomic E-state index is -0.955. The zero-order valence-electron chi connectivity index (χ0n) is 17.7. The molecule has 2 aliphatic heterocycles. The fourth-order valence-electron chi connectivity index (χ4n) is 4.48. The van der Waals surface area contributed by atoms with Crippen LogP contribution in [0.4, 0.5) is 10.1 Å². The minimum Gasteiger partial charge on any atom is -0.308 e. The average Bonchev–Trinajstić information content (AvgIpc) is 3.42. The molecule has 1 amide bonds. The Morgan fingerprint density at radius 3 is 2.68 bits per heavy atom. The van der Waals surface area contributed by atoms with Crippen LogP contribution in [0.15, 0.2) is 66.7 Å². The molecular formula is C26H29FN2O2. The number of hydrogen-bond donors (Lipinski definition) is 1. The number of carbonyl (C=O) groups is 2. The molecule has 2 aromatic rings. The van der Waals surface area contributed by atoms with Gasteiger partial charge >= 0.3 is 0 Å². The van der Waals surface area contributed by atoms with E-state index in [4.69, 9.17) is 0 Å². The molecule has 162 valence electrons. The maximum absolute atomic E-state index is 13.5. The van der Waals surface area contributed by atoms with Gasteiger partial charge in [0, 0.05) is 31.6 Å². The van der Waals surface area contributed by atoms with Gasteiger partial charge in [-0.2, -0.15) is 0 Å². The van der Waals surface area contributed by atoms with Gasteiger partial charge in [-0.1, -0.05) is 54.6 Å². The van der Waals surface area contributed by atoms with Crippen molar-refractivity contribution in [3.05, 3.63) is 77.9 Å². The number of Topliss-reactive ketones (excluding diaryl/α,β-unsaturated/α-hetero) is 1. The predicted molar refractivity (Wildman–Crippen MR) is 121 cm³/mol. The van der Waals surface area contributed by atoms with Gasteiger partial charge in [0.25, 0.3) is 5.91 Å². The van der Waals surface area contributed by atoms with E-state index in [0.29, 0.717) is 13.0 Å². The molecule has 1 N–H and O–H groups in total. The molecule has 3 atom stereocenters. The summed E-state index contributed by atoms with van der Waals surface area (Å²) in [7, 11) is 0. The van der Waals surface area contributed by atoms with Crippen molar-refractivity contribution in [3.8, 4) is 0 Å². The van der Waals surface area contributed by atoms with E-state index >= 15 is 0 Å². The Morgan fingerprint density at radius 2 is 1.90 bits per heavy atom. The van der Waals surface area contributed by atoms with E-state index in [9.17, 15) is 14.0 Å². The molecule has 5 heteroatoms. The Hall–Kier alpha value is -2.79. The Bertz CT molecular complexity index is 943. The molecule has 2 heterocycles. The van der Waals surface area contributed by atoms with Gasteiger partial charge in [-0.15, -0.1) is 0 Å². The predicted octanol–water partition coefficient (Wildman–Crippen LogP) is 4.04. The molecule has 0 aromatic heterocycles. The Labute approximate surface area is 183 Å². The van der Waals surface area contributed by atoms with Crippen LogP contribution < -0.4 is 10.2 Å². The molecule has 0 spiro atoms. The van der Waals surface area contributed by atoms with Crippen LogP contribution in [0.3, 0.4) is 0 Å². The number of allylic oxidation sites excluding steroid dienone is 1. The molecule has 31 heavy (non-hydrogen) atoms. The maximum atomic E-state index is 13.5. The molecule has 2 aromatic carbocycles. The van der Waals surface area contributed by atoms with Crippen LogP contribution >= 0.6 is 0 Å². The second-order valence-corrected chi connectivity index (χ2v) is 8.48. The number of carbonyl (C=O) groups excluding carboxylic acids is 2. The molecule has 2 aliphatic rings. The van der Waals surface area contributed by atoms with Crippen molar-refractivity contribution in [1.29, 1.82) is 0 Å². The summed E-state index contributed by atoms with van der Waals surface area (Å²) in [6.07, 6.45) is 5.56. The fraction of sp³-hybridized carbons (Fsp3) is 0.385. The zero-order valence-corrected chi connectivity index (χ0v) is 17.7. The van der Waals surface area contributed by atoms with Crippen LogP contribution in [-0.4, -0.2) is 37.0 Å². The van der Waals surface area contributed by atoms with Gasteiger partial charge < -0.3 is 10.2 Å². The number of aryl methyl sites for hydroxylation is 1. The van der Waals surface area contributed by atoms with Crippen LogP contribution in [-0.2, 0) is 22.4 Å². The average molecular weight is 421 g/mol. The lowest BCUT2D eigenvalue weighted by Gasteiger charge is -2.17. The number of anilines is 1. The molecule has 1 saturated heterocycles. The highest BCUT2D eigenvalue weighted by molar-refractivity contribution is 6.02. The number of hydrogen-bond acceptors (Lipinski definition) is 3. The topological polar surface area (TPSA) is 49.4 Å². The quantitative estimate of drug-likeness (QED) is 0.656. The smallest absolute Gasteiger partial charge is 0.250 e. The van der Waals surface area contributed by atoms with Gasteiger partial charge in [0.15, 0.2) is 0 Å². The Balaban J connectivity index is 1.42. The highest BCUT2D eigenvalue weighted by Crippen LogP contribution is 2.28. The van der Waals surface area contributed by atoms with Crippen LogP contribution in [0.5, 0.6) is 0 Å². The summed E-state index contributed by atoms with van der Waals surface area (Å²) in [6.45, 7) is 0.924. The summed E-state index contributed by atoms with van der Waals surface area (Å²) < 4.78 is 13.5. The summed E-state index contributed by atoms with van der Waals surface area (Å²) in [5.74, 6) is -0.0817. The number of alkyl halides is 1. The van der Waals surface area contributed by atoms with Crippen molar-refractivity contribution in [2.45, 2.75) is 44.3 Å². The lowest BCUT2D eigenvalue weighted by atomic mass is 9.91. The highest BCUT2D eigenvalue weighted by atomic mass is 19.1. The van der Waals surface area contributed by atoms with Gasteiger partial charge in [-0.25, -0.2) is 4.39 Å². The number of benzene rings is 2. The molecule has 0 radical (unpaired) electrons. The summed E-state index contributed by atoms with van der Waals surface area (Å²) in [5, 5.41) is 2.98. The first-order valence-electron chi connectivity index (χ1n) is 11.1. The second kappa shape index (κ2) is 10.0. The number of rotatable bonds is 8. The highest BCUT2D eigenvalue weighted by Gasteiger charge is 2.30. The van der Waals surface area contributed by atoms with E-state index in [1.54, 1.807) is 11.0 Å². The van der Waals surface area contributed by atoms with Gasteiger partial charge in [-0.3, -0.25) is 9.59 Å². The number of halogens is 1. The van der Waals surface area contributed by atoms with E-state index in [0.717, 1.165) is 24.9 Å². The number of nitrogens with zero attached hydrogens (tertiary/aromatic N) is 1. The number of ketones is 1. The minimum absolute atomic E-state index is 0.0295. The first kappa shape index (κ1) is 21.4. The lowest BCUT2D eigenvalue weighted by molar-refractivity contribution is -0.121. The lowest BCUT2D eigenvalue weighted by Crippen LogP contribution is -2.32. The molecular weight excluding hydrogens is 391 g/mol. The molecule has 4 rings (SSSR count). The monoisotopic (exact) mass is 420 g/mol. The normalized spacial score (nSPS) is 21.4. The van der Waals surface area contributed by atoms with Crippen molar-refractivity contribution in [2.75, 3.05) is 18.0 Å². The zero-order chi connectivity index (χ0) is 21.6. The summed E-state index contributed by atoms with van der Waals surface area (Å²) in [5.41, 5.74) is 3.36. The molecule has 0 bridgehead atoms. The first-order valence-corrected chi connectivity index (χ1v) is 11.1. The fourth-order valence-corrected chi connectivity index (χ4v) is 4.48. The Morgan fingerprint density at radius 1 is 1.13 bits per heavy atom. The van der Waals surface area contributed by atoms with Gasteiger partial charge in [-0.05, 0) is 48.4 Å². The van der Waals surface area contributed by atoms with Gasteiger partial charge in [0.1, 0.15) is 12.0 Å². The maximum Gasteiger partial charge on any atom is 0.250 e. The van der Waals surface area contributed by atoms with Crippen molar-refractivity contribution in [1.82, 2.24) is 5.32 Å². The molecule has 4 nitrogen and oxygen atoms in total. The van der Waals surface area contributed by atoms with Crippen molar-refractivity contribution in [3.63, 3.8) is 0 Å². The summed E-state index contributed by atoms with van der Waals surface area (Å²) in [6, 6.07) is 17.7. The molecule has 0 unspecified atom stereocenters. The first-order chi connectivity index (χ1) is 15.1. The van der Waals surface area contributed by atoms with Gasteiger partial charge in [0.2, 0.25) is 0 Å². The van der Waals surface area contributed by atoms with E-state index in [1.807, 2.05) is 42.5 Å². The van der Waals surface area contributed by atoms with E-state index in [2.05, 4.69) is 23.5 Å². The van der Waals surface area contributed by atoms with E-state index in [-0.39, 0.29) is 30.6 Å². The van der Waals surface area contributed by atoms with Gasteiger partial charge in [0.05, 0.1) is 6.04 Å². The molecule has 0 aliphatic carbocycles. The molecule has 1 fully saturated rings. The summed E-state index contributed by atoms with van der Waals surface area (Å²) in [4.78, 5) is 27.4. The third-order valence-electron chi connectivity index (χ3n) is 6.24. The third kappa shape index (κ3) is 5.47. The Kier molecular flexibility index (Phi) is 6.92. The van der Waals surface area contributed by atoms with Crippen LogP contribution in [0.1, 0.15) is 30.4 Å². The largest absolute Gasteiger partial charge is 0.308 e. The third-order valence-corrected chi connectivity index (χ3v) is 6.24. The standard InChI is InChI=1S/C26H29FN2O2/c27-22-17-23(28-18-22)25(30)16-20(11-10-19-6-2-1-3-7-19)12-13-26(31)29-15-14-21-8-4-5-9-24(21)29/h1-9,12-13,20,22-23,28H,10-11,14-18H2/b13-12+/t20-,22-,23-/m0/s1. The van der Waals surface area contributed by atoms with Crippen LogP contribution in [0.2, 0.25) is 0 Å². The van der Waals surface area contributed by atoms with Crippen LogP contribution in [0.25, 0.3) is 0 Å². The second-order valence-electron chi connectivity index (χ2n) is 8.48. The van der Waals surface area contributed by atoms with E-state index < -0.39 is 12.2 Å². The number of para-hydroxylation sites is 1.